The molecule has 0 aromatic carbocycles. The summed E-state index contributed by atoms with van der Waals surface area (Å²) < 4.78 is 0. The molecule has 1 N–H and O–H groups in total. The van der Waals surface area contributed by atoms with Crippen molar-refractivity contribution in [3.8, 4) is 0 Å². The monoisotopic (exact) mass is 309 g/mol. The van der Waals surface area contributed by atoms with Gasteiger partial charge >= 0.3 is 0 Å². The van der Waals surface area contributed by atoms with Gasteiger partial charge in [-0.05, 0) is 52.9 Å². The van der Waals surface area contributed by atoms with Gasteiger partial charge in [-0.2, -0.15) is 0 Å². The molecule has 1 aliphatic rings. The van der Waals surface area contributed by atoms with E-state index in [1.807, 2.05) is 11.3 Å². The van der Waals surface area contributed by atoms with Crippen LogP contribution < -0.4 is 10.2 Å². The molecule has 1 aromatic heterocycles. The molecule has 3 atom stereocenters. The van der Waals surface area contributed by atoms with Crippen LogP contribution in [0.4, 0.5) is 5.13 Å². The Kier molecular flexibility index (Phi) is 4.99. The summed E-state index contributed by atoms with van der Waals surface area (Å²) in [5, 5.41) is 4.79. The molecule has 0 aliphatic carbocycles. The molecular weight excluding hydrogens is 278 g/mol. The van der Waals surface area contributed by atoms with Gasteiger partial charge in [0.2, 0.25) is 0 Å². The molecule has 2 rings (SSSR count). The first-order chi connectivity index (χ1) is 9.67. The second-order valence-electron chi connectivity index (χ2n) is 7.82. The zero-order chi connectivity index (χ0) is 15.8. The van der Waals surface area contributed by atoms with Crippen LogP contribution in [0.25, 0.3) is 0 Å². The average molecular weight is 310 g/mol. The Labute approximate surface area is 134 Å². The molecule has 120 valence electrons. The van der Waals surface area contributed by atoms with Crippen molar-refractivity contribution in [1.29, 1.82) is 0 Å². The van der Waals surface area contributed by atoms with Gasteiger partial charge < -0.3 is 10.2 Å². The number of piperidine rings is 1. The molecule has 3 unspecified atom stereocenters. The predicted octanol–water partition coefficient (Wildman–Crippen LogP) is 4.21. The van der Waals surface area contributed by atoms with Crippen molar-refractivity contribution in [1.82, 2.24) is 10.3 Å². The van der Waals surface area contributed by atoms with Crippen LogP contribution in [0, 0.1) is 18.8 Å². The van der Waals surface area contributed by atoms with Crippen molar-refractivity contribution >= 4 is 16.5 Å². The summed E-state index contributed by atoms with van der Waals surface area (Å²) in [5.41, 5.74) is 1.34. The van der Waals surface area contributed by atoms with Crippen molar-refractivity contribution in [3.63, 3.8) is 0 Å². The molecule has 0 saturated carbocycles. The SMILES string of the molecule is Cc1nc(N2CC(C)CC(C)C2C)sc1CNC(C)(C)C. The quantitative estimate of drug-likeness (QED) is 0.906. The summed E-state index contributed by atoms with van der Waals surface area (Å²) >= 11 is 1.87. The Morgan fingerprint density at radius 3 is 2.57 bits per heavy atom. The number of nitrogens with zero attached hydrogens (tertiary/aromatic N) is 2. The van der Waals surface area contributed by atoms with Crippen LogP contribution in [0.15, 0.2) is 0 Å². The number of hydrogen-bond donors (Lipinski definition) is 1. The fourth-order valence-corrected chi connectivity index (χ4v) is 4.11. The van der Waals surface area contributed by atoms with Crippen LogP contribution in [0.3, 0.4) is 0 Å². The Balaban J connectivity index is 2.13. The van der Waals surface area contributed by atoms with Crippen LogP contribution in [-0.4, -0.2) is 23.1 Å². The van der Waals surface area contributed by atoms with E-state index < -0.39 is 0 Å². The molecule has 1 aromatic rings. The van der Waals surface area contributed by atoms with E-state index in [0.717, 1.165) is 24.9 Å². The van der Waals surface area contributed by atoms with E-state index in [9.17, 15) is 0 Å². The number of aromatic nitrogens is 1. The maximum absolute atomic E-state index is 4.86. The van der Waals surface area contributed by atoms with Crippen molar-refractivity contribution in [3.05, 3.63) is 10.6 Å². The van der Waals surface area contributed by atoms with Gasteiger partial charge in [0.25, 0.3) is 0 Å². The van der Waals surface area contributed by atoms with Crippen LogP contribution >= 0.6 is 11.3 Å². The summed E-state index contributed by atoms with van der Waals surface area (Å²) in [4.78, 5) is 8.76. The summed E-state index contributed by atoms with van der Waals surface area (Å²) in [6.07, 6.45) is 1.33. The summed E-state index contributed by atoms with van der Waals surface area (Å²) in [7, 11) is 0. The Bertz CT molecular complexity index is 475. The molecule has 0 spiro atoms. The molecule has 21 heavy (non-hydrogen) atoms. The molecule has 1 saturated heterocycles. The van der Waals surface area contributed by atoms with Gasteiger partial charge in [-0.15, -0.1) is 11.3 Å². The smallest absolute Gasteiger partial charge is 0.186 e. The van der Waals surface area contributed by atoms with E-state index in [2.05, 4.69) is 58.7 Å². The van der Waals surface area contributed by atoms with Crippen LogP contribution in [-0.2, 0) is 6.54 Å². The highest BCUT2D eigenvalue weighted by Crippen LogP contribution is 2.34. The zero-order valence-electron chi connectivity index (χ0n) is 14.7. The highest BCUT2D eigenvalue weighted by Gasteiger charge is 2.30. The third-order valence-corrected chi connectivity index (χ3v) is 5.70. The minimum atomic E-state index is 0.151. The first-order valence-corrected chi connectivity index (χ1v) is 8.97. The molecule has 0 bridgehead atoms. The number of aryl methyl sites for hydroxylation is 1. The van der Waals surface area contributed by atoms with Gasteiger partial charge in [-0.1, -0.05) is 13.8 Å². The third kappa shape index (κ3) is 4.19. The Hall–Kier alpha value is -0.610. The number of hydrogen-bond acceptors (Lipinski definition) is 4. The molecule has 0 amide bonds. The Morgan fingerprint density at radius 1 is 1.29 bits per heavy atom. The maximum atomic E-state index is 4.86. The fraction of sp³-hybridized carbons (Fsp3) is 0.824. The number of rotatable bonds is 3. The first kappa shape index (κ1) is 16.8. The standard InChI is InChI=1S/C17H31N3S/c1-11-8-12(2)14(4)20(10-11)16-19-13(3)15(21-16)9-18-17(5,6)7/h11-12,14,18H,8-10H2,1-7H3. The molecule has 2 heterocycles. The normalized spacial score (nSPS) is 27.2. The van der Waals surface area contributed by atoms with E-state index in [1.165, 1.54) is 22.1 Å². The van der Waals surface area contributed by atoms with Gasteiger partial charge in [-0.3, -0.25) is 0 Å². The predicted molar refractivity (Wildman–Crippen MR) is 93.2 cm³/mol. The van der Waals surface area contributed by atoms with Crippen LogP contribution in [0.2, 0.25) is 0 Å². The second-order valence-corrected chi connectivity index (χ2v) is 8.88. The third-order valence-electron chi connectivity index (χ3n) is 4.50. The van der Waals surface area contributed by atoms with Crippen molar-refractivity contribution < 1.29 is 0 Å². The molecule has 1 aliphatic heterocycles. The van der Waals surface area contributed by atoms with E-state index in [0.29, 0.717) is 6.04 Å². The number of thiazole rings is 1. The summed E-state index contributed by atoms with van der Waals surface area (Å²) in [5.74, 6) is 1.51. The molecule has 3 nitrogen and oxygen atoms in total. The van der Waals surface area contributed by atoms with E-state index in [4.69, 9.17) is 4.98 Å². The molecular formula is C17H31N3S. The van der Waals surface area contributed by atoms with Gasteiger partial charge in [-0.25, -0.2) is 4.98 Å². The average Bonchev–Trinajstić information content (AvgIpc) is 2.72. The lowest BCUT2D eigenvalue weighted by molar-refractivity contribution is 0.297. The van der Waals surface area contributed by atoms with Crippen molar-refractivity contribution in [2.45, 2.75) is 73.0 Å². The highest BCUT2D eigenvalue weighted by molar-refractivity contribution is 7.15. The largest absolute Gasteiger partial charge is 0.345 e. The van der Waals surface area contributed by atoms with Gasteiger partial charge in [0.05, 0.1) is 5.69 Å². The molecule has 1 fully saturated rings. The van der Waals surface area contributed by atoms with Crippen LogP contribution in [0.1, 0.15) is 58.5 Å². The lowest BCUT2D eigenvalue weighted by atomic mass is 9.86. The van der Waals surface area contributed by atoms with Gasteiger partial charge in [0.1, 0.15) is 0 Å². The maximum Gasteiger partial charge on any atom is 0.186 e. The van der Waals surface area contributed by atoms with Gasteiger partial charge in [0.15, 0.2) is 5.13 Å². The van der Waals surface area contributed by atoms with Crippen molar-refractivity contribution in [2.75, 3.05) is 11.4 Å². The fourth-order valence-electron chi connectivity index (χ4n) is 3.01. The molecule has 0 radical (unpaired) electrons. The van der Waals surface area contributed by atoms with Gasteiger partial charge in [0, 0.05) is 29.5 Å². The second kappa shape index (κ2) is 6.25. The lowest BCUT2D eigenvalue weighted by Gasteiger charge is -2.41. The Morgan fingerprint density at radius 2 is 1.95 bits per heavy atom. The number of nitrogens with one attached hydrogen (secondary N) is 1. The minimum Gasteiger partial charge on any atom is -0.345 e. The first-order valence-electron chi connectivity index (χ1n) is 8.15. The van der Waals surface area contributed by atoms with E-state index >= 15 is 0 Å². The lowest BCUT2D eigenvalue weighted by Crippen LogP contribution is -2.45. The molecule has 4 heteroatoms. The summed E-state index contributed by atoms with van der Waals surface area (Å²) in [6.45, 7) is 17.9. The topological polar surface area (TPSA) is 28.2 Å². The summed E-state index contributed by atoms with van der Waals surface area (Å²) in [6, 6.07) is 0.593. The highest BCUT2D eigenvalue weighted by atomic mass is 32.1. The van der Waals surface area contributed by atoms with E-state index in [-0.39, 0.29) is 5.54 Å². The van der Waals surface area contributed by atoms with Crippen molar-refractivity contribution in [2.24, 2.45) is 11.8 Å². The number of anilines is 1. The van der Waals surface area contributed by atoms with E-state index in [1.54, 1.807) is 0 Å². The minimum absolute atomic E-state index is 0.151. The van der Waals surface area contributed by atoms with Crippen LogP contribution in [0.5, 0.6) is 0 Å². The zero-order valence-corrected chi connectivity index (χ0v) is 15.5.